The van der Waals surface area contributed by atoms with Crippen LogP contribution >= 0.6 is 11.6 Å². The van der Waals surface area contributed by atoms with Gasteiger partial charge in [-0.2, -0.15) is 5.10 Å². The minimum Gasteiger partial charge on any atom is -0.400 e. The van der Waals surface area contributed by atoms with Gasteiger partial charge in [0.25, 0.3) is 5.91 Å². The van der Waals surface area contributed by atoms with Gasteiger partial charge >= 0.3 is 6.03 Å². The van der Waals surface area contributed by atoms with Gasteiger partial charge in [-0.3, -0.25) is 9.48 Å². The summed E-state index contributed by atoms with van der Waals surface area (Å²) in [5.41, 5.74) is 1.83. The fourth-order valence-corrected chi connectivity index (χ4v) is 3.72. The molecule has 0 saturated heterocycles. The number of anilines is 1. The number of carbonyl (C=O) groups is 2. The van der Waals surface area contributed by atoms with E-state index in [1.165, 1.54) is 4.90 Å². The molecule has 162 valence electrons. The predicted octanol–water partition coefficient (Wildman–Crippen LogP) is 2.49. The molecule has 2 aliphatic rings. The van der Waals surface area contributed by atoms with E-state index >= 15 is 0 Å². The van der Waals surface area contributed by atoms with Crippen LogP contribution < -0.4 is 5.32 Å². The lowest BCUT2D eigenvalue weighted by Crippen LogP contribution is -2.39. The number of halogens is 3. The fourth-order valence-electron chi connectivity index (χ4n) is 3.55. The number of aliphatic hydroxyl groups excluding tert-OH is 1. The number of amides is 3. The van der Waals surface area contributed by atoms with Crippen molar-refractivity contribution in [1.29, 1.82) is 0 Å². The summed E-state index contributed by atoms with van der Waals surface area (Å²) in [4.78, 5) is 28.4. The highest BCUT2D eigenvalue weighted by molar-refractivity contribution is 6.31. The maximum Gasteiger partial charge on any atom is 0.322 e. The number of aryl methyl sites for hydroxylation is 1. The van der Waals surface area contributed by atoms with Gasteiger partial charge in [0.05, 0.1) is 22.9 Å². The van der Waals surface area contributed by atoms with Crippen LogP contribution in [-0.4, -0.2) is 63.9 Å². The first-order chi connectivity index (χ1) is 14.3. The lowest BCUT2D eigenvalue weighted by Gasteiger charge is -2.27. The average Bonchev–Trinajstić information content (AvgIpc) is 3.03. The van der Waals surface area contributed by atoms with Crippen LogP contribution in [0.3, 0.4) is 0 Å². The van der Waals surface area contributed by atoms with Gasteiger partial charge in [-0.1, -0.05) is 11.6 Å². The number of aliphatic hydroxyl groups is 1. The number of fused-ring (bicyclic) bond motifs is 3. The van der Waals surface area contributed by atoms with E-state index in [-0.39, 0.29) is 23.2 Å². The molecule has 0 fully saturated rings. The van der Waals surface area contributed by atoms with Crippen molar-refractivity contribution in [3.05, 3.63) is 45.7 Å². The summed E-state index contributed by atoms with van der Waals surface area (Å²) in [7, 11) is 2.74. The Morgan fingerprint density at radius 1 is 1.20 bits per heavy atom. The van der Waals surface area contributed by atoms with Crippen LogP contribution in [0.1, 0.15) is 28.2 Å². The molecule has 0 aliphatic carbocycles. The highest BCUT2D eigenvalue weighted by Gasteiger charge is 2.32. The van der Waals surface area contributed by atoms with Gasteiger partial charge in [0.1, 0.15) is 17.3 Å². The van der Waals surface area contributed by atoms with Gasteiger partial charge in [0.15, 0.2) is 0 Å². The second-order valence-corrected chi connectivity index (χ2v) is 7.33. The summed E-state index contributed by atoms with van der Waals surface area (Å²) in [6, 6.07) is 1.10. The van der Waals surface area contributed by atoms with Crippen molar-refractivity contribution in [2.24, 2.45) is 0 Å². The molecule has 2 aromatic rings. The van der Waals surface area contributed by atoms with Gasteiger partial charge in [-0.05, 0) is 12.5 Å². The van der Waals surface area contributed by atoms with Gasteiger partial charge in [0.2, 0.25) is 0 Å². The van der Waals surface area contributed by atoms with Crippen molar-refractivity contribution in [1.82, 2.24) is 19.6 Å². The standard InChI is InChI=1S/C18H18ClF2N5O2.CH4O/c1-24-4-2-5-26-16(17(24)27)10-9-25(6-3-14(10)23-26)18(28)22-15-7-11(19)12(20)8-13(15)21;1-2/h7-8H,2-6,9H2,1H3,(H,22,28);2H,1H3. The van der Waals surface area contributed by atoms with Crippen LogP contribution in [0.25, 0.3) is 0 Å². The van der Waals surface area contributed by atoms with Crippen LogP contribution in [0, 0.1) is 11.6 Å². The van der Waals surface area contributed by atoms with E-state index in [1.54, 1.807) is 16.6 Å². The largest absolute Gasteiger partial charge is 0.400 e. The quantitative estimate of drug-likeness (QED) is 0.665. The fraction of sp³-hybridized carbons (Fsp3) is 0.421. The van der Waals surface area contributed by atoms with Crippen LogP contribution in [-0.2, 0) is 19.5 Å². The van der Waals surface area contributed by atoms with Gasteiger partial charge in [-0.15, -0.1) is 0 Å². The monoisotopic (exact) mass is 441 g/mol. The molecule has 0 spiro atoms. The summed E-state index contributed by atoms with van der Waals surface area (Å²) in [5, 5.41) is 13.7. The van der Waals surface area contributed by atoms with E-state index in [2.05, 4.69) is 10.4 Å². The highest BCUT2D eigenvalue weighted by Crippen LogP contribution is 2.27. The summed E-state index contributed by atoms with van der Waals surface area (Å²) >= 11 is 5.67. The van der Waals surface area contributed by atoms with Crippen LogP contribution in [0.4, 0.5) is 19.3 Å². The Labute approximate surface area is 177 Å². The number of urea groups is 1. The van der Waals surface area contributed by atoms with Crippen molar-refractivity contribution < 1.29 is 23.5 Å². The first kappa shape index (κ1) is 22.0. The van der Waals surface area contributed by atoms with E-state index in [0.29, 0.717) is 37.8 Å². The third kappa shape index (κ3) is 4.10. The van der Waals surface area contributed by atoms with Crippen molar-refractivity contribution >= 4 is 29.2 Å². The van der Waals surface area contributed by atoms with Crippen LogP contribution in [0.15, 0.2) is 12.1 Å². The molecule has 4 rings (SSSR count). The molecule has 3 heterocycles. The Kier molecular flexibility index (Phi) is 6.57. The second-order valence-electron chi connectivity index (χ2n) is 6.93. The molecule has 1 aromatic heterocycles. The maximum absolute atomic E-state index is 13.9. The topological polar surface area (TPSA) is 90.7 Å². The third-order valence-corrected chi connectivity index (χ3v) is 5.34. The van der Waals surface area contributed by atoms with E-state index in [1.807, 2.05) is 0 Å². The molecule has 30 heavy (non-hydrogen) atoms. The minimum atomic E-state index is -0.913. The number of nitrogens with one attached hydrogen (secondary N) is 1. The Bertz CT molecular complexity index is 982. The Morgan fingerprint density at radius 3 is 2.67 bits per heavy atom. The normalized spacial score (nSPS) is 15.6. The molecule has 0 radical (unpaired) electrons. The molecule has 0 atom stereocenters. The number of aromatic nitrogens is 2. The minimum absolute atomic E-state index is 0.120. The van der Waals surface area contributed by atoms with Crippen molar-refractivity contribution in [3.63, 3.8) is 0 Å². The predicted molar refractivity (Wildman–Crippen MR) is 106 cm³/mol. The first-order valence-corrected chi connectivity index (χ1v) is 9.72. The number of hydrogen-bond acceptors (Lipinski definition) is 4. The van der Waals surface area contributed by atoms with E-state index in [4.69, 9.17) is 16.7 Å². The number of rotatable bonds is 1. The van der Waals surface area contributed by atoms with Gasteiger partial charge < -0.3 is 20.2 Å². The molecule has 0 saturated carbocycles. The van der Waals surface area contributed by atoms with E-state index in [0.717, 1.165) is 30.9 Å². The summed E-state index contributed by atoms with van der Waals surface area (Å²) in [6.07, 6.45) is 1.30. The Morgan fingerprint density at radius 2 is 1.93 bits per heavy atom. The first-order valence-electron chi connectivity index (χ1n) is 9.34. The van der Waals surface area contributed by atoms with Crippen LogP contribution in [0.2, 0.25) is 5.02 Å². The molecular formula is C19H22ClF2N5O3. The Hall–Kier alpha value is -2.72. The highest BCUT2D eigenvalue weighted by atomic mass is 35.5. The smallest absolute Gasteiger partial charge is 0.322 e. The molecule has 2 N–H and O–H groups in total. The summed E-state index contributed by atoms with van der Waals surface area (Å²) < 4.78 is 28.9. The average molecular weight is 442 g/mol. The van der Waals surface area contributed by atoms with E-state index < -0.39 is 17.7 Å². The molecule has 0 bridgehead atoms. The molecule has 0 unspecified atom stereocenters. The van der Waals surface area contributed by atoms with Crippen molar-refractivity contribution in [2.45, 2.75) is 25.9 Å². The molecule has 11 heteroatoms. The molecule has 1 aromatic carbocycles. The number of carbonyl (C=O) groups excluding carboxylic acids is 2. The zero-order chi connectivity index (χ0) is 22.0. The molecule has 3 amide bonds. The Balaban J connectivity index is 0.00000124. The van der Waals surface area contributed by atoms with E-state index in [9.17, 15) is 18.4 Å². The summed E-state index contributed by atoms with van der Waals surface area (Å²) in [5.74, 6) is -1.93. The lowest BCUT2D eigenvalue weighted by molar-refractivity contribution is 0.0793. The zero-order valence-corrected chi connectivity index (χ0v) is 17.3. The lowest BCUT2D eigenvalue weighted by atomic mass is 10.0. The molecule has 2 aliphatic heterocycles. The number of benzene rings is 1. The van der Waals surface area contributed by atoms with Crippen LogP contribution in [0.5, 0.6) is 0 Å². The molecule has 8 nitrogen and oxygen atoms in total. The molecular weight excluding hydrogens is 420 g/mol. The maximum atomic E-state index is 13.9. The number of nitrogens with zero attached hydrogens (tertiary/aromatic N) is 4. The third-order valence-electron chi connectivity index (χ3n) is 5.05. The van der Waals surface area contributed by atoms with Gasteiger partial charge in [0, 0.05) is 51.8 Å². The SMILES string of the molecule is CN1CCCn2nc3c(c2C1=O)CN(C(=O)Nc1cc(Cl)c(F)cc1F)CC3.CO. The van der Waals surface area contributed by atoms with Crippen molar-refractivity contribution in [3.8, 4) is 0 Å². The summed E-state index contributed by atoms with van der Waals surface area (Å²) in [6.45, 7) is 1.85. The van der Waals surface area contributed by atoms with Crippen molar-refractivity contribution in [2.75, 3.05) is 32.6 Å². The zero-order valence-electron chi connectivity index (χ0n) is 16.6. The number of hydrogen-bond donors (Lipinski definition) is 2. The second kappa shape index (κ2) is 8.97. The van der Waals surface area contributed by atoms with Gasteiger partial charge in [-0.25, -0.2) is 13.6 Å².